The first kappa shape index (κ1) is 15.8. The summed E-state index contributed by atoms with van der Waals surface area (Å²) in [6, 6.07) is 2.64. The molecule has 0 saturated carbocycles. The van der Waals surface area contributed by atoms with E-state index >= 15 is 0 Å². The number of nitrogens with one attached hydrogen (secondary N) is 1. The Kier molecular flexibility index (Phi) is 11.1. The highest BCUT2D eigenvalue weighted by molar-refractivity contribution is 6.27. The average Bonchev–Trinajstić information content (AvgIpc) is 2.18. The number of hydrogen-bond donors (Lipinski definition) is 3. The molecular weight excluding hydrogens is 200 g/mol. The lowest BCUT2D eigenvalue weighted by Gasteiger charge is -2.07. The molecule has 0 spiro atoms. The second-order valence-electron chi connectivity index (χ2n) is 2.78. The summed E-state index contributed by atoms with van der Waals surface area (Å²) in [7, 11) is 0. The predicted octanol–water partition coefficient (Wildman–Crippen LogP) is 0.444. The molecule has 15 heavy (non-hydrogen) atoms. The van der Waals surface area contributed by atoms with Crippen LogP contribution >= 0.6 is 0 Å². The molecule has 0 aliphatic carbocycles. The number of carbonyl (C=O) groups is 2. The molecule has 0 aromatic rings. The number of rotatable bonds is 4. The van der Waals surface area contributed by atoms with Crippen molar-refractivity contribution in [2.75, 3.05) is 6.54 Å². The minimum atomic E-state index is -1.82. The molecule has 1 atom stereocenters. The molecule has 0 saturated heterocycles. The molecule has 0 aliphatic heterocycles. The Hall–Kier alpha value is -1.61. The number of nitrogens with zero attached hydrogens (tertiary/aromatic N) is 1. The maximum Gasteiger partial charge on any atom is 0.414 e. The fourth-order valence-electron chi connectivity index (χ4n) is 0.519. The van der Waals surface area contributed by atoms with Gasteiger partial charge in [-0.05, 0) is 13.3 Å². The summed E-state index contributed by atoms with van der Waals surface area (Å²) in [5, 5.41) is 26.2. The lowest BCUT2D eigenvalue weighted by Crippen LogP contribution is -2.25. The Balaban J connectivity index is 0. The van der Waals surface area contributed by atoms with Crippen molar-refractivity contribution in [2.24, 2.45) is 0 Å². The number of nitriles is 1. The zero-order valence-electron chi connectivity index (χ0n) is 8.86. The lowest BCUT2D eigenvalue weighted by molar-refractivity contribution is -0.159. The van der Waals surface area contributed by atoms with Crippen LogP contribution in [0.15, 0.2) is 0 Å². The monoisotopic (exact) mass is 216 g/mol. The molecule has 0 aromatic carbocycles. The van der Waals surface area contributed by atoms with Crippen LogP contribution in [-0.4, -0.2) is 34.7 Å². The standard InChI is InChI=1S/C7H14N2.C2H2O4/c1-3-7(2)9-6-4-5-8;3-1(4)2(5)6/h7,9H,3-4,6H2,1-2H3;(H,3,4)(H,5,6). The van der Waals surface area contributed by atoms with Gasteiger partial charge in [0.25, 0.3) is 0 Å². The molecule has 0 amide bonds. The van der Waals surface area contributed by atoms with Crippen LogP contribution < -0.4 is 5.32 Å². The molecule has 86 valence electrons. The summed E-state index contributed by atoms with van der Waals surface area (Å²) in [6.45, 7) is 5.08. The van der Waals surface area contributed by atoms with Crippen LogP contribution in [0.4, 0.5) is 0 Å². The summed E-state index contributed by atoms with van der Waals surface area (Å²) in [5.41, 5.74) is 0. The first-order chi connectivity index (χ1) is 6.95. The van der Waals surface area contributed by atoms with E-state index in [-0.39, 0.29) is 0 Å². The van der Waals surface area contributed by atoms with Gasteiger partial charge in [0.15, 0.2) is 0 Å². The minimum absolute atomic E-state index is 0.554. The van der Waals surface area contributed by atoms with Gasteiger partial charge in [-0.2, -0.15) is 5.26 Å². The van der Waals surface area contributed by atoms with E-state index in [0.29, 0.717) is 12.5 Å². The van der Waals surface area contributed by atoms with Crippen LogP contribution in [0.5, 0.6) is 0 Å². The van der Waals surface area contributed by atoms with Crippen LogP contribution in [0.1, 0.15) is 26.7 Å². The van der Waals surface area contributed by atoms with Crippen LogP contribution in [-0.2, 0) is 9.59 Å². The van der Waals surface area contributed by atoms with Crippen molar-refractivity contribution in [3.63, 3.8) is 0 Å². The SMILES string of the molecule is CCC(C)NCCC#N.O=C(O)C(=O)O. The highest BCUT2D eigenvalue weighted by Crippen LogP contribution is 1.86. The largest absolute Gasteiger partial charge is 0.473 e. The number of hydrogen-bond acceptors (Lipinski definition) is 4. The van der Waals surface area contributed by atoms with Gasteiger partial charge in [0, 0.05) is 19.0 Å². The van der Waals surface area contributed by atoms with Gasteiger partial charge in [0.2, 0.25) is 0 Å². The van der Waals surface area contributed by atoms with E-state index in [1.807, 2.05) is 0 Å². The third-order valence-electron chi connectivity index (χ3n) is 1.52. The molecule has 0 aromatic heterocycles. The zero-order valence-corrected chi connectivity index (χ0v) is 8.86. The predicted molar refractivity (Wildman–Crippen MR) is 53.3 cm³/mol. The Morgan fingerprint density at radius 3 is 2.13 bits per heavy atom. The van der Waals surface area contributed by atoms with E-state index in [0.717, 1.165) is 13.0 Å². The van der Waals surface area contributed by atoms with Gasteiger partial charge in [-0.25, -0.2) is 9.59 Å². The molecule has 1 unspecified atom stereocenters. The van der Waals surface area contributed by atoms with Crippen molar-refractivity contribution in [1.29, 1.82) is 5.26 Å². The quantitative estimate of drug-likeness (QED) is 0.464. The van der Waals surface area contributed by atoms with E-state index in [9.17, 15) is 0 Å². The second-order valence-corrected chi connectivity index (χ2v) is 2.78. The third-order valence-corrected chi connectivity index (χ3v) is 1.52. The molecular formula is C9H16N2O4. The highest BCUT2D eigenvalue weighted by atomic mass is 16.4. The van der Waals surface area contributed by atoms with E-state index in [4.69, 9.17) is 25.1 Å². The molecule has 3 N–H and O–H groups in total. The summed E-state index contributed by atoms with van der Waals surface area (Å²) < 4.78 is 0. The van der Waals surface area contributed by atoms with E-state index in [1.54, 1.807) is 0 Å². The van der Waals surface area contributed by atoms with Crippen molar-refractivity contribution >= 4 is 11.9 Å². The van der Waals surface area contributed by atoms with Crippen LogP contribution in [0.2, 0.25) is 0 Å². The fraction of sp³-hybridized carbons (Fsp3) is 0.667. The zero-order chi connectivity index (χ0) is 12.3. The van der Waals surface area contributed by atoms with Crippen molar-refractivity contribution in [3.05, 3.63) is 0 Å². The molecule has 0 heterocycles. The van der Waals surface area contributed by atoms with Crippen LogP contribution in [0.25, 0.3) is 0 Å². The van der Waals surface area contributed by atoms with Gasteiger partial charge in [0.05, 0.1) is 6.07 Å². The Bertz CT molecular complexity index is 223. The van der Waals surface area contributed by atoms with Crippen molar-refractivity contribution in [1.82, 2.24) is 5.32 Å². The summed E-state index contributed by atoms with van der Waals surface area (Å²) >= 11 is 0. The summed E-state index contributed by atoms with van der Waals surface area (Å²) in [4.78, 5) is 18.2. The fourth-order valence-corrected chi connectivity index (χ4v) is 0.519. The van der Waals surface area contributed by atoms with Crippen molar-refractivity contribution in [3.8, 4) is 6.07 Å². The molecule has 0 fully saturated rings. The molecule has 0 bridgehead atoms. The van der Waals surface area contributed by atoms with Crippen LogP contribution in [0, 0.1) is 11.3 Å². The maximum atomic E-state index is 9.10. The van der Waals surface area contributed by atoms with Gasteiger partial charge in [-0.3, -0.25) is 0 Å². The van der Waals surface area contributed by atoms with E-state index in [1.165, 1.54) is 0 Å². The molecule has 0 rings (SSSR count). The molecule has 6 nitrogen and oxygen atoms in total. The first-order valence-electron chi connectivity index (χ1n) is 4.52. The normalized spacial score (nSPS) is 10.5. The van der Waals surface area contributed by atoms with Crippen LogP contribution in [0.3, 0.4) is 0 Å². The molecule has 6 heteroatoms. The number of carboxylic acid groups (broad SMARTS) is 2. The van der Waals surface area contributed by atoms with Gasteiger partial charge >= 0.3 is 11.9 Å². The molecule has 0 aliphatic rings. The Labute approximate surface area is 88.5 Å². The van der Waals surface area contributed by atoms with E-state index < -0.39 is 11.9 Å². The van der Waals surface area contributed by atoms with Gasteiger partial charge in [0.1, 0.15) is 0 Å². The van der Waals surface area contributed by atoms with Crippen molar-refractivity contribution < 1.29 is 19.8 Å². The first-order valence-corrected chi connectivity index (χ1v) is 4.52. The summed E-state index contributed by atoms with van der Waals surface area (Å²) in [6.07, 6.45) is 1.75. The lowest BCUT2D eigenvalue weighted by atomic mass is 10.2. The van der Waals surface area contributed by atoms with Gasteiger partial charge in [-0.15, -0.1) is 0 Å². The van der Waals surface area contributed by atoms with Crippen molar-refractivity contribution in [2.45, 2.75) is 32.7 Å². The third kappa shape index (κ3) is 15.2. The molecule has 0 radical (unpaired) electrons. The van der Waals surface area contributed by atoms with Gasteiger partial charge < -0.3 is 15.5 Å². The number of aliphatic carboxylic acids is 2. The average molecular weight is 216 g/mol. The Morgan fingerprint density at radius 2 is 1.87 bits per heavy atom. The number of carboxylic acids is 2. The topological polar surface area (TPSA) is 110 Å². The van der Waals surface area contributed by atoms with Gasteiger partial charge in [-0.1, -0.05) is 6.92 Å². The maximum absolute atomic E-state index is 9.10. The minimum Gasteiger partial charge on any atom is -0.473 e. The highest BCUT2D eigenvalue weighted by Gasteiger charge is 2.04. The van der Waals surface area contributed by atoms with E-state index in [2.05, 4.69) is 25.2 Å². The summed E-state index contributed by atoms with van der Waals surface area (Å²) in [5.74, 6) is -3.65. The Morgan fingerprint density at radius 1 is 1.40 bits per heavy atom. The second kappa shape index (κ2) is 10.5. The smallest absolute Gasteiger partial charge is 0.414 e.